The number of aryl methyl sites for hydroxylation is 1. The van der Waals surface area contributed by atoms with Crippen molar-refractivity contribution < 1.29 is 8.42 Å². The molecule has 19 heavy (non-hydrogen) atoms. The molecule has 1 fully saturated rings. The van der Waals surface area contributed by atoms with Crippen molar-refractivity contribution in [2.75, 3.05) is 17.8 Å². The van der Waals surface area contributed by atoms with Crippen LogP contribution in [0.1, 0.15) is 25.5 Å². The first kappa shape index (κ1) is 14.7. The minimum Gasteiger partial charge on any atom is -0.269 e. The number of rotatable bonds is 3. The number of nitrogens with zero attached hydrogens (tertiary/aromatic N) is 2. The third kappa shape index (κ3) is 3.67. The van der Waals surface area contributed by atoms with Crippen LogP contribution < -0.4 is 4.72 Å². The lowest BCUT2D eigenvalue weighted by Gasteiger charge is -2.29. The Hall–Kier alpha value is -0.660. The summed E-state index contributed by atoms with van der Waals surface area (Å²) in [7, 11) is -3.47. The Labute approximate surface area is 122 Å². The summed E-state index contributed by atoms with van der Waals surface area (Å²) in [5.74, 6) is 0.600. The standard InChI is InChI=1S/C12H18BrN3O2S/c1-9-5-7-16(8-6-9)19(17,18)15-11-3-4-12(13)14-10(11)2/h3-4,9,15H,5-8H2,1-2H3. The van der Waals surface area contributed by atoms with Crippen molar-refractivity contribution in [3.05, 3.63) is 22.4 Å². The number of halogens is 1. The van der Waals surface area contributed by atoms with Gasteiger partial charge in [0.25, 0.3) is 0 Å². The predicted octanol–water partition coefficient (Wildman–Crippen LogP) is 2.54. The van der Waals surface area contributed by atoms with Gasteiger partial charge in [0.2, 0.25) is 0 Å². The van der Waals surface area contributed by atoms with Crippen molar-refractivity contribution in [2.45, 2.75) is 26.7 Å². The number of anilines is 1. The topological polar surface area (TPSA) is 62.3 Å². The van der Waals surface area contributed by atoms with Crippen molar-refractivity contribution >= 4 is 31.8 Å². The largest absolute Gasteiger partial charge is 0.301 e. The summed E-state index contributed by atoms with van der Waals surface area (Å²) in [4.78, 5) is 4.19. The van der Waals surface area contributed by atoms with Gasteiger partial charge in [-0.25, -0.2) is 4.98 Å². The van der Waals surface area contributed by atoms with Gasteiger partial charge in [-0.05, 0) is 53.7 Å². The molecule has 0 amide bonds. The van der Waals surface area contributed by atoms with Gasteiger partial charge in [0.1, 0.15) is 4.60 Å². The fourth-order valence-corrected chi connectivity index (χ4v) is 3.78. The molecule has 0 bridgehead atoms. The Morgan fingerprint density at radius 3 is 2.58 bits per heavy atom. The van der Waals surface area contributed by atoms with E-state index in [9.17, 15) is 8.42 Å². The van der Waals surface area contributed by atoms with Crippen LogP contribution in [0.5, 0.6) is 0 Å². The number of piperidine rings is 1. The van der Waals surface area contributed by atoms with E-state index in [0.29, 0.717) is 35.0 Å². The predicted molar refractivity (Wildman–Crippen MR) is 79.2 cm³/mol. The fourth-order valence-electron chi connectivity index (χ4n) is 2.07. The van der Waals surface area contributed by atoms with Crippen molar-refractivity contribution in [3.8, 4) is 0 Å². The van der Waals surface area contributed by atoms with Crippen LogP contribution in [-0.4, -0.2) is 30.8 Å². The van der Waals surface area contributed by atoms with Crippen LogP contribution >= 0.6 is 15.9 Å². The Kier molecular flexibility index (Phi) is 4.47. The zero-order chi connectivity index (χ0) is 14.0. The molecule has 106 valence electrons. The van der Waals surface area contributed by atoms with Crippen LogP contribution in [0.4, 0.5) is 5.69 Å². The van der Waals surface area contributed by atoms with Gasteiger partial charge in [0.05, 0.1) is 11.4 Å². The molecule has 1 N–H and O–H groups in total. The normalized spacial score (nSPS) is 18.5. The van der Waals surface area contributed by atoms with Gasteiger partial charge < -0.3 is 0 Å². The average Bonchev–Trinajstić information content (AvgIpc) is 2.33. The minimum absolute atomic E-state index is 0.529. The molecular weight excluding hydrogens is 330 g/mol. The third-order valence-electron chi connectivity index (χ3n) is 3.37. The number of hydrogen-bond donors (Lipinski definition) is 1. The van der Waals surface area contributed by atoms with Crippen LogP contribution in [-0.2, 0) is 10.2 Å². The summed E-state index contributed by atoms with van der Waals surface area (Å²) in [5.41, 5.74) is 1.19. The quantitative estimate of drug-likeness (QED) is 0.854. The lowest BCUT2D eigenvalue weighted by molar-refractivity contribution is 0.289. The van der Waals surface area contributed by atoms with Crippen LogP contribution in [0.3, 0.4) is 0 Å². The number of hydrogen-bond acceptors (Lipinski definition) is 3. The minimum atomic E-state index is -3.47. The van der Waals surface area contributed by atoms with Gasteiger partial charge >= 0.3 is 10.2 Å². The fraction of sp³-hybridized carbons (Fsp3) is 0.583. The van der Waals surface area contributed by atoms with Crippen LogP contribution in [0.2, 0.25) is 0 Å². The monoisotopic (exact) mass is 347 g/mol. The Morgan fingerprint density at radius 1 is 1.37 bits per heavy atom. The van der Waals surface area contributed by atoms with Gasteiger partial charge in [0, 0.05) is 13.1 Å². The summed E-state index contributed by atoms with van der Waals surface area (Å²) in [5, 5.41) is 0. The van der Waals surface area contributed by atoms with E-state index in [-0.39, 0.29) is 0 Å². The second kappa shape index (κ2) is 5.76. The van der Waals surface area contributed by atoms with E-state index < -0.39 is 10.2 Å². The molecule has 0 atom stereocenters. The zero-order valence-electron chi connectivity index (χ0n) is 11.1. The number of aromatic nitrogens is 1. The van der Waals surface area contributed by atoms with Crippen LogP contribution in [0, 0.1) is 12.8 Å². The molecular formula is C12H18BrN3O2S. The van der Waals surface area contributed by atoms with Gasteiger partial charge in [-0.2, -0.15) is 12.7 Å². The van der Waals surface area contributed by atoms with Gasteiger partial charge in [-0.1, -0.05) is 6.92 Å². The Morgan fingerprint density at radius 2 is 2.00 bits per heavy atom. The zero-order valence-corrected chi connectivity index (χ0v) is 13.5. The maximum absolute atomic E-state index is 12.3. The lowest BCUT2D eigenvalue weighted by atomic mass is 10.0. The second-order valence-electron chi connectivity index (χ2n) is 4.96. The average molecular weight is 348 g/mol. The van der Waals surface area contributed by atoms with Crippen LogP contribution in [0.25, 0.3) is 0 Å². The molecule has 1 aromatic rings. The van der Waals surface area contributed by atoms with Crippen molar-refractivity contribution in [2.24, 2.45) is 5.92 Å². The molecule has 0 saturated carbocycles. The van der Waals surface area contributed by atoms with E-state index in [1.165, 1.54) is 4.31 Å². The van der Waals surface area contributed by atoms with Crippen LogP contribution in [0.15, 0.2) is 16.7 Å². The van der Waals surface area contributed by atoms with E-state index >= 15 is 0 Å². The highest BCUT2D eigenvalue weighted by Crippen LogP contribution is 2.22. The molecule has 1 aromatic heterocycles. The summed E-state index contributed by atoms with van der Waals surface area (Å²) in [6.07, 6.45) is 1.83. The van der Waals surface area contributed by atoms with E-state index in [1.54, 1.807) is 19.1 Å². The smallest absolute Gasteiger partial charge is 0.269 e. The van der Waals surface area contributed by atoms with Crippen molar-refractivity contribution in [3.63, 3.8) is 0 Å². The molecule has 0 aliphatic carbocycles. The first-order chi connectivity index (χ1) is 8.88. The highest BCUT2D eigenvalue weighted by atomic mass is 79.9. The van der Waals surface area contributed by atoms with Crippen molar-refractivity contribution in [1.82, 2.24) is 9.29 Å². The van der Waals surface area contributed by atoms with Gasteiger partial charge in [-0.15, -0.1) is 0 Å². The number of pyridine rings is 1. The Balaban J connectivity index is 2.12. The Bertz CT molecular complexity index is 554. The molecule has 0 spiro atoms. The lowest BCUT2D eigenvalue weighted by Crippen LogP contribution is -2.41. The highest BCUT2D eigenvalue weighted by Gasteiger charge is 2.26. The van der Waals surface area contributed by atoms with E-state index in [2.05, 4.69) is 32.6 Å². The molecule has 0 radical (unpaired) electrons. The van der Waals surface area contributed by atoms with E-state index in [0.717, 1.165) is 12.8 Å². The molecule has 2 rings (SSSR count). The highest BCUT2D eigenvalue weighted by molar-refractivity contribution is 9.10. The SMILES string of the molecule is Cc1nc(Br)ccc1NS(=O)(=O)N1CCC(C)CC1. The molecule has 0 aromatic carbocycles. The third-order valence-corrected chi connectivity index (χ3v) is 5.34. The molecule has 2 heterocycles. The van der Waals surface area contributed by atoms with Crippen molar-refractivity contribution in [1.29, 1.82) is 0 Å². The van der Waals surface area contributed by atoms with E-state index in [4.69, 9.17) is 0 Å². The second-order valence-corrected chi connectivity index (χ2v) is 7.44. The summed E-state index contributed by atoms with van der Waals surface area (Å²) >= 11 is 3.26. The summed E-state index contributed by atoms with van der Waals surface area (Å²) in [6, 6.07) is 3.44. The van der Waals surface area contributed by atoms with Gasteiger partial charge in [0.15, 0.2) is 0 Å². The molecule has 1 aliphatic heterocycles. The summed E-state index contributed by atoms with van der Waals surface area (Å²) in [6.45, 7) is 5.10. The molecule has 5 nitrogen and oxygen atoms in total. The molecule has 1 aliphatic rings. The first-order valence-corrected chi connectivity index (χ1v) is 8.53. The molecule has 0 unspecified atom stereocenters. The summed E-state index contributed by atoms with van der Waals surface area (Å²) < 4.78 is 29.4. The maximum Gasteiger partial charge on any atom is 0.301 e. The molecule has 7 heteroatoms. The van der Waals surface area contributed by atoms with Gasteiger partial charge in [-0.3, -0.25) is 4.72 Å². The number of nitrogens with one attached hydrogen (secondary N) is 1. The first-order valence-electron chi connectivity index (χ1n) is 6.29. The maximum atomic E-state index is 12.3. The molecule has 1 saturated heterocycles. The van der Waals surface area contributed by atoms with E-state index in [1.807, 2.05) is 0 Å².